The van der Waals surface area contributed by atoms with Gasteiger partial charge >= 0.3 is 39.5 Å². The number of hydrogen-bond acceptors (Lipinski definition) is 15. The fraction of sp³-hybridized carbons (Fsp3) is 0.951. The van der Waals surface area contributed by atoms with Crippen molar-refractivity contribution in [2.75, 3.05) is 39.6 Å². The number of ether oxygens (including phenoxy) is 4. The third kappa shape index (κ3) is 76.1. The third-order valence-electron chi connectivity index (χ3n) is 19.3. The van der Waals surface area contributed by atoms with E-state index < -0.39 is 97.5 Å². The van der Waals surface area contributed by atoms with Gasteiger partial charge < -0.3 is 33.8 Å². The van der Waals surface area contributed by atoms with Gasteiger partial charge in [0.15, 0.2) is 12.2 Å². The zero-order chi connectivity index (χ0) is 74.1. The lowest BCUT2D eigenvalue weighted by molar-refractivity contribution is -0.161. The molecule has 0 aromatic rings. The fourth-order valence-corrected chi connectivity index (χ4v) is 14.3. The van der Waals surface area contributed by atoms with Gasteiger partial charge in [0, 0.05) is 25.7 Å². The number of esters is 4. The monoisotopic (exact) mass is 1480 g/mol. The average molecular weight is 1480 g/mol. The second-order valence-electron chi connectivity index (χ2n) is 30.0. The molecule has 0 radical (unpaired) electrons. The molecular weight excluding hydrogens is 1320 g/mol. The summed E-state index contributed by atoms with van der Waals surface area (Å²) in [4.78, 5) is 73.0. The van der Waals surface area contributed by atoms with E-state index in [2.05, 4.69) is 34.6 Å². The Hall–Kier alpha value is -1.94. The molecular formula is C82H160O17P2. The lowest BCUT2D eigenvalue weighted by atomic mass is 10.0. The van der Waals surface area contributed by atoms with Crippen LogP contribution < -0.4 is 0 Å². The first-order valence-electron chi connectivity index (χ1n) is 42.6. The van der Waals surface area contributed by atoms with Gasteiger partial charge in [0.2, 0.25) is 0 Å². The predicted octanol–water partition coefficient (Wildman–Crippen LogP) is 24.8. The van der Waals surface area contributed by atoms with Crippen LogP contribution in [0.25, 0.3) is 0 Å². The molecule has 0 aliphatic carbocycles. The molecule has 0 saturated heterocycles. The molecule has 0 aromatic carbocycles. The van der Waals surface area contributed by atoms with Crippen molar-refractivity contribution in [2.24, 2.45) is 5.92 Å². The summed E-state index contributed by atoms with van der Waals surface area (Å²) in [5.41, 5.74) is 0. The van der Waals surface area contributed by atoms with Gasteiger partial charge in [0.05, 0.1) is 26.4 Å². The maximum atomic E-state index is 13.1. The molecule has 5 atom stereocenters. The summed E-state index contributed by atoms with van der Waals surface area (Å²) in [6, 6.07) is 0. The fourth-order valence-electron chi connectivity index (χ4n) is 12.8. The number of rotatable bonds is 82. The predicted molar refractivity (Wildman–Crippen MR) is 414 cm³/mol. The maximum absolute atomic E-state index is 13.1. The molecule has 0 fully saturated rings. The van der Waals surface area contributed by atoms with E-state index in [4.69, 9.17) is 37.0 Å². The lowest BCUT2D eigenvalue weighted by Crippen LogP contribution is -2.30. The Morgan fingerprint density at radius 3 is 0.673 bits per heavy atom. The Bertz CT molecular complexity index is 1930. The number of phosphoric acid groups is 2. The first kappa shape index (κ1) is 99.1. The summed E-state index contributed by atoms with van der Waals surface area (Å²) >= 11 is 0. The van der Waals surface area contributed by atoms with Crippen molar-refractivity contribution in [3.8, 4) is 0 Å². The van der Waals surface area contributed by atoms with Crippen LogP contribution in [0.15, 0.2) is 0 Å². The SMILES string of the molecule is CCCCCCCCCCCCCCCCCCCCCCC(=O)O[C@H](COC(=O)CCCCCCCCCCCCCCCCCC(C)C)COP(=O)(O)OC[C@@H](O)COP(=O)(O)OC[C@@H](COC(=O)CCCCCCCCCCCC)OC(=O)CCCCCCCCCCCCCCC. The molecule has 0 aliphatic rings. The Labute approximate surface area is 619 Å². The van der Waals surface area contributed by atoms with Crippen LogP contribution in [0.3, 0.4) is 0 Å². The van der Waals surface area contributed by atoms with Gasteiger partial charge in [0.1, 0.15) is 19.3 Å². The van der Waals surface area contributed by atoms with E-state index in [1.807, 2.05) is 0 Å². The Balaban J connectivity index is 5.22. The summed E-state index contributed by atoms with van der Waals surface area (Å²) in [6.45, 7) is 7.36. The summed E-state index contributed by atoms with van der Waals surface area (Å²) in [5, 5.41) is 10.6. The van der Waals surface area contributed by atoms with E-state index in [0.717, 1.165) is 95.8 Å². The largest absolute Gasteiger partial charge is 0.472 e. The molecule has 2 unspecified atom stereocenters. The van der Waals surface area contributed by atoms with E-state index in [9.17, 15) is 43.2 Å². The summed E-state index contributed by atoms with van der Waals surface area (Å²) in [5.74, 6) is -1.30. The van der Waals surface area contributed by atoms with Gasteiger partial charge in [-0.2, -0.15) is 0 Å². The maximum Gasteiger partial charge on any atom is 0.472 e. The molecule has 0 aromatic heterocycles. The standard InChI is InChI=1S/C82H160O17P2/c1-6-9-12-15-18-21-24-26-27-28-29-30-31-34-39-43-48-53-58-63-68-82(87)99-78(72-93-80(85)66-61-56-51-46-41-38-35-32-33-37-40-44-49-54-59-64-75(4)5)74-97-101(90,91)95-70-76(83)69-94-100(88,89)96-73-77(71-92-79(84)65-60-55-50-45-23-20-17-14-11-8-3)98-81(86)67-62-57-52-47-42-36-25-22-19-16-13-10-7-2/h75-78,83H,6-74H2,1-5H3,(H,88,89)(H,90,91)/t76-,77+,78+/m0/s1. The van der Waals surface area contributed by atoms with Crippen LogP contribution >= 0.6 is 15.6 Å². The molecule has 17 nitrogen and oxygen atoms in total. The van der Waals surface area contributed by atoms with E-state index in [1.54, 1.807) is 0 Å². The first-order chi connectivity index (χ1) is 49.0. The highest BCUT2D eigenvalue weighted by Gasteiger charge is 2.30. The molecule has 0 saturated carbocycles. The van der Waals surface area contributed by atoms with E-state index >= 15 is 0 Å². The molecule has 19 heteroatoms. The first-order valence-corrected chi connectivity index (χ1v) is 45.6. The van der Waals surface area contributed by atoms with Crippen LogP contribution in [-0.2, 0) is 65.4 Å². The van der Waals surface area contributed by atoms with E-state index in [-0.39, 0.29) is 25.7 Å². The molecule has 0 aliphatic heterocycles. The second kappa shape index (κ2) is 74.9. The van der Waals surface area contributed by atoms with Crippen LogP contribution in [0, 0.1) is 5.92 Å². The third-order valence-corrected chi connectivity index (χ3v) is 21.2. The highest BCUT2D eigenvalue weighted by molar-refractivity contribution is 7.47. The van der Waals surface area contributed by atoms with Gasteiger partial charge in [-0.3, -0.25) is 37.3 Å². The second-order valence-corrected chi connectivity index (χ2v) is 32.9. The van der Waals surface area contributed by atoms with E-state index in [1.165, 1.54) is 263 Å². The van der Waals surface area contributed by atoms with Gasteiger partial charge in [0.25, 0.3) is 0 Å². The van der Waals surface area contributed by atoms with Crippen LogP contribution in [0.5, 0.6) is 0 Å². The van der Waals surface area contributed by atoms with Crippen molar-refractivity contribution in [2.45, 2.75) is 457 Å². The summed E-state index contributed by atoms with van der Waals surface area (Å²) in [7, 11) is -9.92. The minimum Gasteiger partial charge on any atom is -0.462 e. The van der Waals surface area contributed by atoms with Crippen molar-refractivity contribution in [1.82, 2.24) is 0 Å². The zero-order valence-corrected chi connectivity index (χ0v) is 67.8. The Kier molecular flexibility index (Phi) is 73.5. The summed E-state index contributed by atoms with van der Waals surface area (Å²) in [6.07, 6.45) is 66.6. The number of unbranched alkanes of at least 4 members (excludes halogenated alkanes) is 54. The normalized spacial score (nSPS) is 13.8. The van der Waals surface area contributed by atoms with Crippen molar-refractivity contribution in [3.63, 3.8) is 0 Å². The quantitative estimate of drug-likeness (QED) is 0.0222. The van der Waals surface area contributed by atoms with Crippen LogP contribution in [-0.4, -0.2) is 96.7 Å². The van der Waals surface area contributed by atoms with Gasteiger partial charge in [-0.25, -0.2) is 9.13 Å². The lowest BCUT2D eigenvalue weighted by Gasteiger charge is -2.21. The van der Waals surface area contributed by atoms with Gasteiger partial charge in [-0.15, -0.1) is 0 Å². The molecule has 0 heterocycles. The van der Waals surface area contributed by atoms with Crippen molar-refractivity contribution in [1.29, 1.82) is 0 Å². The Morgan fingerprint density at radius 2 is 0.455 bits per heavy atom. The zero-order valence-electron chi connectivity index (χ0n) is 66.1. The molecule has 0 amide bonds. The van der Waals surface area contributed by atoms with Crippen LogP contribution in [0.4, 0.5) is 0 Å². The highest BCUT2D eigenvalue weighted by Crippen LogP contribution is 2.45. The number of carbonyl (C=O) groups excluding carboxylic acids is 4. The molecule has 0 spiro atoms. The topological polar surface area (TPSA) is 237 Å². The number of carbonyl (C=O) groups is 4. The number of aliphatic hydroxyl groups excluding tert-OH is 1. The minimum absolute atomic E-state index is 0.108. The summed E-state index contributed by atoms with van der Waals surface area (Å²) < 4.78 is 68.7. The van der Waals surface area contributed by atoms with Crippen molar-refractivity contribution in [3.05, 3.63) is 0 Å². The van der Waals surface area contributed by atoms with Gasteiger partial charge in [-0.05, 0) is 31.6 Å². The number of phosphoric ester groups is 2. The molecule has 600 valence electrons. The minimum atomic E-state index is -4.96. The average Bonchev–Trinajstić information content (AvgIpc) is 0.926. The highest BCUT2D eigenvalue weighted by atomic mass is 31.2. The molecule has 0 rings (SSSR count). The smallest absolute Gasteiger partial charge is 0.462 e. The van der Waals surface area contributed by atoms with Crippen molar-refractivity contribution >= 4 is 39.5 Å². The van der Waals surface area contributed by atoms with E-state index in [0.29, 0.717) is 25.7 Å². The molecule has 0 bridgehead atoms. The van der Waals surface area contributed by atoms with Crippen LogP contribution in [0.1, 0.15) is 439 Å². The number of hydrogen-bond donors (Lipinski definition) is 3. The van der Waals surface area contributed by atoms with Gasteiger partial charge in [-0.1, -0.05) is 388 Å². The van der Waals surface area contributed by atoms with Crippen LogP contribution in [0.2, 0.25) is 0 Å². The molecule has 3 N–H and O–H groups in total. The Morgan fingerprint density at radius 1 is 0.267 bits per heavy atom. The molecule has 101 heavy (non-hydrogen) atoms. The number of aliphatic hydroxyl groups is 1. The van der Waals surface area contributed by atoms with Crippen molar-refractivity contribution < 1.29 is 80.2 Å².